The van der Waals surface area contributed by atoms with E-state index in [0.717, 1.165) is 17.4 Å². The molecule has 2 aromatic carbocycles. The lowest BCUT2D eigenvalue weighted by atomic mass is 10.1. The number of rotatable bonds is 5. The zero-order valence-corrected chi connectivity index (χ0v) is 16.5. The summed E-state index contributed by atoms with van der Waals surface area (Å²) in [6, 6.07) is 11.2. The summed E-state index contributed by atoms with van der Waals surface area (Å²) in [5.41, 5.74) is 3.84. The topological polar surface area (TPSA) is 71.8 Å². The minimum absolute atomic E-state index is 0.00945. The van der Waals surface area contributed by atoms with E-state index >= 15 is 0 Å². The van der Waals surface area contributed by atoms with Crippen LogP contribution in [-0.4, -0.2) is 25.0 Å². The minimum Gasteiger partial charge on any atom is -0.482 e. The summed E-state index contributed by atoms with van der Waals surface area (Å²) in [6.45, 7) is 8.03. The van der Waals surface area contributed by atoms with Crippen molar-refractivity contribution in [1.29, 1.82) is 0 Å². The number of nitrogens with one attached hydrogen (secondary N) is 1. The van der Waals surface area contributed by atoms with Crippen molar-refractivity contribution in [2.45, 2.75) is 20.3 Å². The average Bonchev–Trinajstić information content (AvgIpc) is 3.06. The molecule has 3 aromatic rings. The van der Waals surface area contributed by atoms with Crippen LogP contribution >= 0.6 is 0 Å². The molecule has 1 aliphatic heterocycles. The monoisotopic (exact) mass is 390 g/mol. The number of fused-ring (bicyclic) bond motifs is 2. The summed E-state index contributed by atoms with van der Waals surface area (Å²) in [5, 5.41) is 3.81. The second-order valence-corrected chi connectivity index (χ2v) is 6.96. The third-order valence-electron chi connectivity index (χ3n) is 5.09. The van der Waals surface area contributed by atoms with Crippen LogP contribution in [-0.2, 0) is 11.2 Å². The minimum atomic E-state index is -0.338. The lowest BCUT2D eigenvalue weighted by Gasteiger charge is -2.28. The fraction of sp³-hybridized carbons (Fsp3) is 0.217. The van der Waals surface area contributed by atoms with Gasteiger partial charge < -0.3 is 19.4 Å². The Morgan fingerprint density at radius 2 is 2.10 bits per heavy atom. The molecule has 0 fully saturated rings. The molecule has 1 aromatic heterocycles. The summed E-state index contributed by atoms with van der Waals surface area (Å²) < 4.78 is 11.3. The van der Waals surface area contributed by atoms with Gasteiger partial charge in [0.2, 0.25) is 0 Å². The summed E-state index contributed by atoms with van der Waals surface area (Å²) >= 11 is 0. The Labute approximate surface area is 168 Å². The van der Waals surface area contributed by atoms with E-state index in [4.69, 9.17) is 9.15 Å². The maximum atomic E-state index is 12.9. The molecule has 1 N–H and O–H groups in total. The quantitative estimate of drug-likeness (QED) is 0.653. The molecule has 0 radical (unpaired) electrons. The van der Waals surface area contributed by atoms with E-state index in [-0.39, 0.29) is 24.2 Å². The van der Waals surface area contributed by atoms with E-state index in [9.17, 15) is 9.59 Å². The highest BCUT2D eigenvalue weighted by molar-refractivity contribution is 6.07. The molecule has 0 saturated carbocycles. The van der Waals surface area contributed by atoms with Crippen molar-refractivity contribution in [3.63, 3.8) is 0 Å². The van der Waals surface area contributed by atoms with Crippen LogP contribution < -0.4 is 15.0 Å². The van der Waals surface area contributed by atoms with Gasteiger partial charge >= 0.3 is 0 Å². The van der Waals surface area contributed by atoms with Gasteiger partial charge in [-0.3, -0.25) is 9.59 Å². The zero-order valence-electron chi connectivity index (χ0n) is 16.5. The molecule has 0 spiro atoms. The van der Waals surface area contributed by atoms with Crippen LogP contribution in [0.25, 0.3) is 11.0 Å². The molecule has 0 atom stereocenters. The fourth-order valence-electron chi connectivity index (χ4n) is 3.50. The molecule has 0 bridgehead atoms. The van der Waals surface area contributed by atoms with Gasteiger partial charge in [-0.1, -0.05) is 19.1 Å². The van der Waals surface area contributed by atoms with Gasteiger partial charge in [0.15, 0.2) is 12.4 Å². The Morgan fingerprint density at radius 1 is 1.28 bits per heavy atom. The third kappa shape index (κ3) is 3.38. The van der Waals surface area contributed by atoms with Gasteiger partial charge in [-0.25, -0.2) is 0 Å². The van der Waals surface area contributed by atoms with Gasteiger partial charge in [0.05, 0.1) is 5.69 Å². The number of ether oxygens (including phenoxy) is 1. The first-order valence-corrected chi connectivity index (χ1v) is 9.53. The Bertz CT molecular complexity index is 1130. The third-order valence-corrected chi connectivity index (χ3v) is 5.09. The van der Waals surface area contributed by atoms with Crippen LogP contribution in [0.4, 0.5) is 11.4 Å². The Morgan fingerprint density at radius 3 is 2.86 bits per heavy atom. The van der Waals surface area contributed by atoms with Crippen molar-refractivity contribution in [3.8, 4) is 5.75 Å². The lowest BCUT2D eigenvalue weighted by Crippen LogP contribution is -2.38. The van der Waals surface area contributed by atoms with E-state index in [0.29, 0.717) is 29.3 Å². The molecule has 2 heterocycles. The lowest BCUT2D eigenvalue weighted by molar-refractivity contribution is -0.121. The maximum Gasteiger partial charge on any atom is 0.291 e. The summed E-state index contributed by atoms with van der Waals surface area (Å²) in [4.78, 5) is 26.6. The number of hydrogen-bond donors (Lipinski definition) is 1. The predicted octanol–water partition coefficient (Wildman–Crippen LogP) is 4.47. The molecule has 2 amide bonds. The van der Waals surface area contributed by atoms with Crippen molar-refractivity contribution < 1.29 is 18.7 Å². The SMILES string of the molecule is C=CCN1C(=O)COc2ccc(NC(=O)c3oc4ccc(CC)cc4c3C)cc21. The number of furan rings is 1. The summed E-state index contributed by atoms with van der Waals surface area (Å²) in [6.07, 6.45) is 2.57. The van der Waals surface area contributed by atoms with Gasteiger partial charge in [0, 0.05) is 23.2 Å². The largest absolute Gasteiger partial charge is 0.482 e. The van der Waals surface area contributed by atoms with Gasteiger partial charge in [0.1, 0.15) is 11.3 Å². The normalized spacial score (nSPS) is 13.2. The fourth-order valence-corrected chi connectivity index (χ4v) is 3.50. The molecule has 148 valence electrons. The second kappa shape index (κ2) is 7.47. The number of anilines is 2. The maximum absolute atomic E-state index is 12.9. The van der Waals surface area contributed by atoms with Crippen LogP contribution in [0.3, 0.4) is 0 Å². The number of nitrogens with zero attached hydrogens (tertiary/aromatic N) is 1. The smallest absolute Gasteiger partial charge is 0.291 e. The van der Waals surface area contributed by atoms with Crippen molar-refractivity contribution in [2.24, 2.45) is 0 Å². The van der Waals surface area contributed by atoms with Crippen LogP contribution in [0.1, 0.15) is 28.6 Å². The van der Waals surface area contributed by atoms with Crippen LogP contribution in [0.15, 0.2) is 53.5 Å². The number of amides is 2. The van der Waals surface area contributed by atoms with Crippen molar-refractivity contribution >= 4 is 34.2 Å². The molecule has 4 rings (SSSR count). The van der Waals surface area contributed by atoms with Gasteiger partial charge in [-0.15, -0.1) is 6.58 Å². The highest BCUT2D eigenvalue weighted by Crippen LogP contribution is 2.35. The first kappa shape index (κ1) is 18.8. The number of carbonyl (C=O) groups is 2. The summed E-state index contributed by atoms with van der Waals surface area (Å²) in [5.74, 6) is 0.383. The van der Waals surface area contributed by atoms with Gasteiger partial charge in [0.25, 0.3) is 11.8 Å². The van der Waals surface area contributed by atoms with E-state index in [1.807, 2.05) is 19.1 Å². The summed E-state index contributed by atoms with van der Waals surface area (Å²) in [7, 11) is 0. The molecular weight excluding hydrogens is 368 g/mol. The predicted molar refractivity (Wildman–Crippen MR) is 113 cm³/mol. The molecule has 0 aliphatic carbocycles. The van der Waals surface area contributed by atoms with Crippen LogP contribution in [0.5, 0.6) is 5.75 Å². The number of benzene rings is 2. The first-order chi connectivity index (χ1) is 14.0. The highest BCUT2D eigenvalue weighted by Gasteiger charge is 2.25. The van der Waals surface area contributed by atoms with E-state index in [2.05, 4.69) is 24.9 Å². The standard InChI is InChI=1S/C23H22N2O4/c1-4-10-25-18-12-16(7-9-20(18)28-13-21(25)26)24-23(27)22-14(3)17-11-15(5-2)6-8-19(17)29-22/h4,6-9,11-12H,1,5,10,13H2,2-3H3,(H,24,27). The first-order valence-electron chi connectivity index (χ1n) is 9.53. The van der Waals surface area contributed by atoms with Crippen molar-refractivity contribution in [2.75, 3.05) is 23.4 Å². The van der Waals surface area contributed by atoms with Crippen LogP contribution in [0.2, 0.25) is 0 Å². The van der Waals surface area contributed by atoms with Crippen LogP contribution in [0, 0.1) is 6.92 Å². The zero-order chi connectivity index (χ0) is 20.5. The highest BCUT2D eigenvalue weighted by atomic mass is 16.5. The number of aryl methyl sites for hydroxylation is 2. The average molecular weight is 390 g/mol. The Balaban J connectivity index is 1.64. The van der Waals surface area contributed by atoms with Gasteiger partial charge in [-0.05, 0) is 49.2 Å². The Hall–Kier alpha value is -3.54. The van der Waals surface area contributed by atoms with E-state index in [1.54, 1.807) is 29.2 Å². The molecule has 6 nitrogen and oxygen atoms in total. The number of hydrogen-bond acceptors (Lipinski definition) is 4. The molecule has 0 unspecified atom stereocenters. The van der Waals surface area contributed by atoms with E-state index in [1.165, 1.54) is 5.56 Å². The second-order valence-electron chi connectivity index (χ2n) is 6.96. The van der Waals surface area contributed by atoms with Crippen molar-refractivity contribution in [3.05, 3.63) is 65.9 Å². The van der Waals surface area contributed by atoms with E-state index < -0.39 is 0 Å². The van der Waals surface area contributed by atoms with Crippen molar-refractivity contribution in [1.82, 2.24) is 0 Å². The Kier molecular flexibility index (Phi) is 4.84. The molecule has 1 aliphatic rings. The number of carbonyl (C=O) groups excluding carboxylic acids is 2. The molecule has 29 heavy (non-hydrogen) atoms. The van der Waals surface area contributed by atoms with Gasteiger partial charge in [-0.2, -0.15) is 0 Å². The molecule has 6 heteroatoms. The molecular formula is C23H22N2O4. The molecule has 0 saturated heterocycles.